The van der Waals surface area contributed by atoms with Crippen molar-refractivity contribution in [3.8, 4) is 16.8 Å². The fourth-order valence-corrected chi connectivity index (χ4v) is 6.30. The van der Waals surface area contributed by atoms with Crippen molar-refractivity contribution in [3.05, 3.63) is 53.2 Å². The highest BCUT2D eigenvalue weighted by Gasteiger charge is 2.28. The summed E-state index contributed by atoms with van der Waals surface area (Å²) in [5, 5.41) is 4.29. The van der Waals surface area contributed by atoms with Crippen LogP contribution in [0.2, 0.25) is 0 Å². The SMILES string of the molecule is CCCCOC(=O)NS(=O)(=O)c1sc(CC(C)C)cc1-c1cccc(-n2cccn2)c1CN. The van der Waals surface area contributed by atoms with E-state index in [9.17, 15) is 13.2 Å². The van der Waals surface area contributed by atoms with Crippen LogP contribution in [0.5, 0.6) is 0 Å². The second-order valence-electron chi connectivity index (χ2n) is 8.06. The molecular formula is C23H30N4O4S2. The van der Waals surface area contributed by atoms with Crippen LogP contribution in [0.15, 0.2) is 46.9 Å². The lowest BCUT2D eigenvalue weighted by molar-refractivity contribution is 0.151. The largest absolute Gasteiger partial charge is 0.449 e. The van der Waals surface area contributed by atoms with E-state index in [0.717, 1.165) is 33.9 Å². The van der Waals surface area contributed by atoms with Crippen molar-refractivity contribution in [1.82, 2.24) is 14.5 Å². The molecule has 178 valence electrons. The van der Waals surface area contributed by atoms with Crippen LogP contribution in [0.1, 0.15) is 44.1 Å². The van der Waals surface area contributed by atoms with E-state index in [1.54, 1.807) is 10.9 Å². The van der Waals surface area contributed by atoms with Crippen LogP contribution in [-0.4, -0.2) is 30.9 Å². The number of nitrogens with two attached hydrogens (primary N) is 1. The number of aromatic nitrogens is 2. The first-order chi connectivity index (χ1) is 15.8. The van der Waals surface area contributed by atoms with Crippen molar-refractivity contribution in [2.75, 3.05) is 6.61 Å². The molecule has 8 nitrogen and oxygen atoms in total. The fraction of sp³-hybridized carbons (Fsp3) is 0.391. The average Bonchev–Trinajstić information content (AvgIpc) is 3.43. The zero-order valence-electron chi connectivity index (χ0n) is 19.1. The van der Waals surface area contributed by atoms with Crippen molar-refractivity contribution in [2.45, 2.75) is 50.8 Å². The summed E-state index contributed by atoms with van der Waals surface area (Å²) < 4.78 is 35.3. The van der Waals surface area contributed by atoms with Crippen LogP contribution >= 0.6 is 11.3 Å². The van der Waals surface area contributed by atoms with Gasteiger partial charge < -0.3 is 10.5 Å². The van der Waals surface area contributed by atoms with Crippen LogP contribution in [0, 0.1) is 5.92 Å². The van der Waals surface area contributed by atoms with Crippen molar-refractivity contribution in [1.29, 1.82) is 0 Å². The maximum absolute atomic E-state index is 13.2. The number of hydrogen-bond donors (Lipinski definition) is 2. The maximum Gasteiger partial charge on any atom is 0.421 e. The van der Waals surface area contributed by atoms with E-state index in [1.165, 1.54) is 0 Å². The highest BCUT2D eigenvalue weighted by molar-refractivity contribution is 7.92. The van der Waals surface area contributed by atoms with Gasteiger partial charge >= 0.3 is 6.09 Å². The third-order valence-electron chi connectivity index (χ3n) is 4.95. The second-order valence-corrected chi connectivity index (χ2v) is 11.1. The normalized spacial score (nSPS) is 11.7. The van der Waals surface area contributed by atoms with Gasteiger partial charge in [0.25, 0.3) is 10.0 Å². The number of unbranched alkanes of at least 4 members (excludes halogenated alkanes) is 1. The molecular weight excluding hydrogens is 460 g/mol. The second kappa shape index (κ2) is 11.0. The molecule has 0 radical (unpaired) electrons. The first kappa shape index (κ1) is 24.9. The zero-order valence-corrected chi connectivity index (χ0v) is 20.7. The van der Waals surface area contributed by atoms with Crippen LogP contribution < -0.4 is 10.5 Å². The van der Waals surface area contributed by atoms with E-state index in [-0.39, 0.29) is 17.4 Å². The Bertz CT molecular complexity index is 1190. The Morgan fingerprint density at radius 3 is 2.70 bits per heavy atom. The third-order valence-corrected chi connectivity index (χ3v) is 7.95. The van der Waals surface area contributed by atoms with Gasteiger partial charge in [0.2, 0.25) is 0 Å². The molecule has 2 heterocycles. The lowest BCUT2D eigenvalue weighted by atomic mass is 9.99. The molecule has 0 aliphatic heterocycles. The molecule has 0 aliphatic carbocycles. The number of carbonyl (C=O) groups excluding carboxylic acids is 1. The summed E-state index contributed by atoms with van der Waals surface area (Å²) in [4.78, 5) is 13.0. The van der Waals surface area contributed by atoms with Crippen LogP contribution in [0.25, 0.3) is 16.8 Å². The van der Waals surface area contributed by atoms with Crippen LogP contribution in [0.3, 0.4) is 0 Å². The summed E-state index contributed by atoms with van der Waals surface area (Å²) in [6.45, 7) is 6.45. The number of nitrogens with zero attached hydrogens (tertiary/aromatic N) is 2. The number of benzene rings is 1. The number of ether oxygens (including phenoxy) is 1. The maximum atomic E-state index is 13.2. The summed E-state index contributed by atoms with van der Waals surface area (Å²) >= 11 is 1.16. The van der Waals surface area contributed by atoms with Crippen molar-refractivity contribution in [2.24, 2.45) is 11.7 Å². The van der Waals surface area contributed by atoms with Gasteiger partial charge in [-0.1, -0.05) is 39.3 Å². The van der Waals surface area contributed by atoms with Gasteiger partial charge in [-0.3, -0.25) is 0 Å². The summed E-state index contributed by atoms with van der Waals surface area (Å²) in [7, 11) is -4.15. The Balaban J connectivity index is 2.08. The van der Waals surface area contributed by atoms with E-state index < -0.39 is 16.1 Å². The molecule has 0 spiro atoms. The standard InChI is InChI=1S/C23H30N4O4S2/c1-4-5-12-31-23(28)26-33(29,30)22-19(14-17(32-22)13-16(2)3)18-8-6-9-21(20(18)15-24)27-11-7-10-25-27/h6-11,14,16H,4-5,12-13,15,24H2,1-3H3,(H,26,28). The molecule has 1 amide bonds. The van der Waals surface area contributed by atoms with Gasteiger partial charge in [-0.05, 0) is 48.1 Å². The van der Waals surface area contributed by atoms with Crippen molar-refractivity contribution in [3.63, 3.8) is 0 Å². The molecule has 3 aromatic rings. The molecule has 2 aromatic heterocycles. The molecule has 0 saturated heterocycles. The number of nitrogens with one attached hydrogen (secondary N) is 1. The van der Waals surface area contributed by atoms with E-state index in [4.69, 9.17) is 10.5 Å². The summed E-state index contributed by atoms with van der Waals surface area (Å²) in [5.41, 5.74) is 8.85. The zero-order chi connectivity index (χ0) is 24.0. The van der Waals surface area contributed by atoms with Gasteiger partial charge in [0, 0.05) is 29.4 Å². The Labute approximate surface area is 198 Å². The highest BCUT2D eigenvalue weighted by atomic mass is 32.2. The predicted octanol–water partition coefficient (Wildman–Crippen LogP) is 4.47. The van der Waals surface area contributed by atoms with Gasteiger partial charge in [0.15, 0.2) is 0 Å². The monoisotopic (exact) mass is 490 g/mol. The number of rotatable bonds is 10. The molecule has 0 bridgehead atoms. The molecule has 1 aromatic carbocycles. The molecule has 3 rings (SSSR count). The average molecular weight is 491 g/mol. The lowest BCUT2D eigenvalue weighted by Gasteiger charge is -2.14. The summed E-state index contributed by atoms with van der Waals surface area (Å²) in [6, 6.07) is 9.26. The Morgan fingerprint density at radius 1 is 1.27 bits per heavy atom. The molecule has 0 saturated carbocycles. The van der Waals surface area contributed by atoms with Crippen LogP contribution in [-0.2, 0) is 27.7 Å². The molecule has 3 N–H and O–H groups in total. The number of hydrogen-bond acceptors (Lipinski definition) is 7. The van der Waals surface area contributed by atoms with Gasteiger partial charge in [-0.2, -0.15) is 5.10 Å². The van der Waals surface area contributed by atoms with Gasteiger partial charge in [-0.15, -0.1) is 11.3 Å². The van der Waals surface area contributed by atoms with E-state index in [1.807, 2.05) is 43.5 Å². The minimum Gasteiger partial charge on any atom is -0.449 e. The van der Waals surface area contributed by atoms with Crippen molar-refractivity contribution >= 4 is 27.5 Å². The predicted molar refractivity (Wildman–Crippen MR) is 130 cm³/mol. The van der Waals surface area contributed by atoms with Gasteiger partial charge in [0.05, 0.1) is 12.3 Å². The number of carbonyl (C=O) groups is 1. The number of sulfonamides is 1. The molecule has 10 heteroatoms. The number of thiophene rings is 1. The molecule has 0 atom stereocenters. The molecule has 0 unspecified atom stereocenters. The quantitative estimate of drug-likeness (QED) is 0.405. The third kappa shape index (κ3) is 6.01. The Morgan fingerprint density at radius 2 is 2.06 bits per heavy atom. The van der Waals surface area contributed by atoms with Gasteiger partial charge in [0.1, 0.15) is 4.21 Å². The summed E-state index contributed by atoms with van der Waals surface area (Å²) in [6.07, 6.45) is 4.71. The van der Waals surface area contributed by atoms with Crippen molar-refractivity contribution < 1.29 is 17.9 Å². The molecule has 33 heavy (non-hydrogen) atoms. The Kier molecular flexibility index (Phi) is 8.28. The minimum atomic E-state index is -4.15. The van der Waals surface area contributed by atoms with E-state index in [2.05, 4.69) is 23.7 Å². The smallest absolute Gasteiger partial charge is 0.421 e. The number of amides is 1. The molecule has 0 aliphatic rings. The fourth-order valence-electron chi connectivity index (χ4n) is 3.48. The topological polar surface area (TPSA) is 116 Å². The molecule has 0 fully saturated rings. The summed E-state index contributed by atoms with van der Waals surface area (Å²) in [5.74, 6) is 0.336. The lowest BCUT2D eigenvalue weighted by Crippen LogP contribution is -2.31. The van der Waals surface area contributed by atoms with E-state index in [0.29, 0.717) is 29.9 Å². The van der Waals surface area contributed by atoms with Gasteiger partial charge in [-0.25, -0.2) is 22.6 Å². The first-order valence-corrected chi connectivity index (χ1v) is 13.2. The first-order valence-electron chi connectivity index (χ1n) is 10.9. The highest BCUT2D eigenvalue weighted by Crippen LogP contribution is 2.39. The van der Waals surface area contributed by atoms with E-state index >= 15 is 0 Å². The van der Waals surface area contributed by atoms with Crippen LogP contribution in [0.4, 0.5) is 4.79 Å². The Hall–Kier alpha value is -2.69. The minimum absolute atomic E-state index is 0.0675.